The summed E-state index contributed by atoms with van der Waals surface area (Å²) in [4.78, 5) is 15.2. The highest BCUT2D eigenvalue weighted by Gasteiger charge is 2.40. The molecule has 1 aromatic heterocycles. The molecule has 0 atom stereocenters. The number of hydrogen-bond donors (Lipinski definition) is 1. The van der Waals surface area contributed by atoms with Gasteiger partial charge in [0.15, 0.2) is 0 Å². The molecule has 0 fully saturated rings. The van der Waals surface area contributed by atoms with E-state index in [0.29, 0.717) is 4.90 Å². The number of benzene rings is 1. The van der Waals surface area contributed by atoms with Crippen molar-refractivity contribution in [2.75, 3.05) is 0 Å². The van der Waals surface area contributed by atoms with Crippen LogP contribution in [0.25, 0.3) is 0 Å². The van der Waals surface area contributed by atoms with Gasteiger partial charge in [-0.25, -0.2) is 18.6 Å². The number of aromatic carboxylic acids is 1. The van der Waals surface area contributed by atoms with E-state index in [2.05, 4.69) is 4.98 Å². The first-order valence-electron chi connectivity index (χ1n) is 8.55. The maximum absolute atomic E-state index is 13.7. The summed E-state index contributed by atoms with van der Waals surface area (Å²) in [5, 5.41) is 9.94. The van der Waals surface area contributed by atoms with Gasteiger partial charge in [-0.2, -0.15) is 13.2 Å². The zero-order valence-electron chi connectivity index (χ0n) is 15.7. The van der Waals surface area contributed by atoms with Crippen LogP contribution in [0.2, 0.25) is 10.0 Å². The molecule has 0 aliphatic heterocycles. The fourth-order valence-electron chi connectivity index (χ4n) is 2.83. The molecular formula is C19H16Cl2F5NO2S. The third-order valence-corrected chi connectivity index (χ3v) is 5.78. The summed E-state index contributed by atoms with van der Waals surface area (Å²) >= 11 is 12.7. The van der Waals surface area contributed by atoms with Crippen LogP contribution in [0.3, 0.4) is 0 Å². The molecular weight excluding hydrogens is 472 g/mol. The minimum absolute atomic E-state index is 0.135. The summed E-state index contributed by atoms with van der Waals surface area (Å²) in [6, 6.07) is 4.45. The van der Waals surface area contributed by atoms with Crippen LogP contribution in [0.4, 0.5) is 22.0 Å². The molecule has 3 nitrogen and oxygen atoms in total. The second-order valence-electron chi connectivity index (χ2n) is 6.74. The van der Waals surface area contributed by atoms with Gasteiger partial charge in [-0.1, -0.05) is 37.0 Å². The summed E-state index contributed by atoms with van der Waals surface area (Å²) in [5.41, 5.74) is -4.49. The zero-order valence-corrected chi connectivity index (χ0v) is 18.0. The molecule has 0 saturated heterocycles. The number of halogens is 7. The fraction of sp³-hybridized carbons (Fsp3) is 0.368. The molecule has 30 heavy (non-hydrogen) atoms. The Hall–Kier alpha value is -1.58. The van der Waals surface area contributed by atoms with Gasteiger partial charge in [0, 0.05) is 10.6 Å². The Bertz CT molecular complexity index is 951. The van der Waals surface area contributed by atoms with Gasteiger partial charge in [0.05, 0.1) is 15.6 Å². The average molecular weight is 488 g/mol. The van der Waals surface area contributed by atoms with Gasteiger partial charge in [0.25, 0.3) is 6.43 Å². The minimum atomic E-state index is -5.04. The number of rotatable bonds is 7. The van der Waals surface area contributed by atoms with Crippen molar-refractivity contribution in [3.05, 3.63) is 56.3 Å². The number of nitrogens with zero attached hydrogens (tertiary/aromatic N) is 1. The van der Waals surface area contributed by atoms with E-state index < -0.39 is 41.1 Å². The van der Waals surface area contributed by atoms with Gasteiger partial charge in [-0.15, -0.1) is 11.8 Å². The highest BCUT2D eigenvalue weighted by atomic mass is 35.5. The largest absolute Gasteiger partial charge is 0.478 e. The molecule has 1 aromatic carbocycles. The van der Waals surface area contributed by atoms with Crippen molar-refractivity contribution >= 4 is 40.9 Å². The highest BCUT2D eigenvalue weighted by Crippen LogP contribution is 2.40. The zero-order chi connectivity index (χ0) is 22.8. The van der Waals surface area contributed by atoms with Gasteiger partial charge in [0.2, 0.25) is 0 Å². The Kier molecular flexibility index (Phi) is 7.98. The Labute approximate surface area is 183 Å². The van der Waals surface area contributed by atoms with E-state index in [1.54, 1.807) is 13.8 Å². The molecule has 164 valence electrons. The molecule has 0 aliphatic rings. The van der Waals surface area contributed by atoms with Gasteiger partial charge in [-0.05, 0) is 41.7 Å². The van der Waals surface area contributed by atoms with E-state index in [1.807, 2.05) is 0 Å². The maximum atomic E-state index is 13.7. The summed E-state index contributed by atoms with van der Waals surface area (Å²) in [5.74, 6) is -2.38. The van der Waals surface area contributed by atoms with Crippen molar-refractivity contribution in [1.82, 2.24) is 4.98 Å². The lowest BCUT2D eigenvalue weighted by molar-refractivity contribution is -0.142. The lowest BCUT2D eigenvalue weighted by Crippen LogP contribution is -2.21. The van der Waals surface area contributed by atoms with E-state index in [1.165, 1.54) is 18.2 Å². The maximum Gasteiger partial charge on any atom is 0.433 e. The molecule has 0 radical (unpaired) electrons. The van der Waals surface area contributed by atoms with E-state index in [9.17, 15) is 31.9 Å². The SMILES string of the molecule is CC(C)Cc1c(CSc2ccc(Cl)c(Cl)c2)c(C(F)(F)F)nc(C(F)F)c1C(=O)O. The lowest BCUT2D eigenvalue weighted by atomic mass is 9.91. The molecule has 1 N–H and O–H groups in total. The summed E-state index contributed by atoms with van der Waals surface area (Å²) in [6.45, 7) is 3.30. The van der Waals surface area contributed by atoms with Crippen LogP contribution >= 0.6 is 35.0 Å². The summed E-state index contributed by atoms with van der Waals surface area (Å²) < 4.78 is 67.9. The fourth-order valence-corrected chi connectivity index (χ4v) is 4.18. The topological polar surface area (TPSA) is 50.2 Å². The average Bonchev–Trinajstić information content (AvgIpc) is 2.60. The van der Waals surface area contributed by atoms with Crippen molar-refractivity contribution < 1.29 is 31.9 Å². The van der Waals surface area contributed by atoms with Gasteiger partial charge >= 0.3 is 12.1 Å². The van der Waals surface area contributed by atoms with E-state index in [-0.39, 0.29) is 33.7 Å². The first kappa shape index (κ1) is 24.7. The standard InChI is InChI=1S/C19H16Cl2F5NO2S/c1-8(2)5-10-11(7-30-9-3-4-12(20)13(21)6-9)16(19(24,25)26)27-15(17(22)23)14(10)18(28)29/h3-4,6,8,17H,5,7H2,1-2H3,(H,28,29). The lowest BCUT2D eigenvalue weighted by Gasteiger charge is -2.22. The third-order valence-electron chi connectivity index (χ3n) is 4.02. The first-order chi connectivity index (χ1) is 13.8. The number of carbonyl (C=O) groups is 1. The molecule has 2 aromatic rings. The van der Waals surface area contributed by atoms with Crippen LogP contribution in [-0.4, -0.2) is 16.1 Å². The smallest absolute Gasteiger partial charge is 0.433 e. The predicted octanol–water partition coefficient (Wildman–Crippen LogP) is 7.53. The van der Waals surface area contributed by atoms with Crippen LogP contribution in [-0.2, 0) is 18.3 Å². The van der Waals surface area contributed by atoms with Crippen molar-refractivity contribution in [2.24, 2.45) is 5.92 Å². The van der Waals surface area contributed by atoms with Crippen LogP contribution in [0, 0.1) is 5.92 Å². The van der Waals surface area contributed by atoms with Crippen LogP contribution in [0.15, 0.2) is 23.1 Å². The van der Waals surface area contributed by atoms with Gasteiger partial charge < -0.3 is 5.11 Å². The van der Waals surface area contributed by atoms with Crippen LogP contribution in [0.5, 0.6) is 0 Å². The molecule has 0 saturated carbocycles. The number of hydrogen-bond acceptors (Lipinski definition) is 3. The Balaban J connectivity index is 2.70. The van der Waals surface area contributed by atoms with E-state index in [0.717, 1.165) is 11.8 Å². The molecule has 2 rings (SSSR count). The number of aromatic nitrogens is 1. The number of alkyl halides is 5. The Morgan fingerprint density at radius 1 is 1.17 bits per heavy atom. The number of thioether (sulfide) groups is 1. The second-order valence-corrected chi connectivity index (χ2v) is 8.61. The van der Waals surface area contributed by atoms with Crippen molar-refractivity contribution in [2.45, 2.75) is 43.5 Å². The van der Waals surface area contributed by atoms with Crippen molar-refractivity contribution in [3.8, 4) is 0 Å². The van der Waals surface area contributed by atoms with E-state index >= 15 is 0 Å². The second kappa shape index (κ2) is 9.70. The predicted molar refractivity (Wildman–Crippen MR) is 106 cm³/mol. The normalized spacial score (nSPS) is 12.1. The van der Waals surface area contributed by atoms with Crippen molar-refractivity contribution in [1.29, 1.82) is 0 Å². The highest BCUT2D eigenvalue weighted by molar-refractivity contribution is 7.98. The third kappa shape index (κ3) is 5.76. The molecule has 0 spiro atoms. The Morgan fingerprint density at radius 2 is 1.80 bits per heavy atom. The quantitative estimate of drug-likeness (QED) is 0.323. The monoisotopic (exact) mass is 487 g/mol. The Morgan fingerprint density at radius 3 is 2.27 bits per heavy atom. The first-order valence-corrected chi connectivity index (χ1v) is 10.3. The molecule has 11 heteroatoms. The van der Waals surface area contributed by atoms with Gasteiger partial charge in [-0.3, -0.25) is 0 Å². The molecule has 1 heterocycles. The van der Waals surface area contributed by atoms with Crippen molar-refractivity contribution in [3.63, 3.8) is 0 Å². The minimum Gasteiger partial charge on any atom is -0.478 e. The van der Waals surface area contributed by atoms with Crippen LogP contribution < -0.4 is 0 Å². The summed E-state index contributed by atoms with van der Waals surface area (Å²) in [6.07, 6.45) is -8.65. The number of pyridine rings is 1. The van der Waals surface area contributed by atoms with Crippen LogP contribution in [0.1, 0.15) is 53.1 Å². The number of carboxylic acid groups (broad SMARTS) is 1. The summed E-state index contributed by atoms with van der Waals surface area (Å²) in [7, 11) is 0. The molecule has 0 aliphatic carbocycles. The van der Waals surface area contributed by atoms with Gasteiger partial charge in [0.1, 0.15) is 11.4 Å². The molecule has 0 unspecified atom stereocenters. The number of carboxylic acids is 1. The molecule has 0 amide bonds. The molecule has 0 bridgehead atoms. The van der Waals surface area contributed by atoms with E-state index in [4.69, 9.17) is 23.2 Å².